The smallest absolute Gasteiger partial charge is 0.0666 e. The molecule has 0 N–H and O–H groups in total. The highest BCUT2D eigenvalue weighted by atomic mass is 79.9. The first-order valence-corrected chi connectivity index (χ1v) is 6.70. The normalized spacial score (nSPS) is 32.2. The molecule has 0 spiro atoms. The average molecular weight is 253 g/mol. The van der Waals surface area contributed by atoms with E-state index in [2.05, 4.69) is 41.5 Å². The molecule has 0 aromatic carbocycles. The van der Waals surface area contributed by atoms with E-state index in [1.54, 1.807) is 0 Å². The molecule has 3 heteroatoms. The lowest BCUT2D eigenvalue weighted by molar-refractivity contribution is 0.127. The van der Waals surface area contributed by atoms with E-state index in [-0.39, 0.29) is 0 Å². The van der Waals surface area contributed by atoms with E-state index < -0.39 is 0 Å². The first-order chi connectivity index (χ1) is 5.74. The van der Waals surface area contributed by atoms with Crippen molar-refractivity contribution in [1.29, 1.82) is 0 Å². The lowest BCUT2D eigenvalue weighted by Gasteiger charge is -2.15. The number of halogens is 1. The Hall–Kier alpha value is 0.790. The summed E-state index contributed by atoms with van der Waals surface area (Å²) in [5.74, 6) is 2.03. The topological polar surface area (TPSA) is 9.23 Å². The number of thioether (sulfide) groups is 1. The van der Waals surface area contributed by atoms with Crippen molar-refractivity contribution in [2.24, 2.45) is 5.92 Å². The highest BCUT2D eigenvalue weighted by molar-refractivity contribution is 9.09. The second-order valence-electron chi connectivity index (χ2n) is 3.50. The van der Waals surface area contributed by atoms with Gasteiger partial charge in [-0.3, -0.25) is 0 Å². The largest absolute Gasteiger partial charge is 0.377 e. The SMILES string of the molecule is CC(CBr)CSC1CCOC1C. The Bertz CT molecular complexity index is 132. The molecule has 3 unspecified atom stereocenters. The molecule has 0 aromatic heterocycles. The minimum atomic E-state index is 0.470. The summed E-state index contributed by atoms with van der Waals surface area (Å²) in [6.07, 6.45) is 1.71. The van der Waals surface area contributed by atoms with Crippen LogP contribution >= 0.6 is 27.7 Å². The standard InChI is InChI=1S/C9H17BrOS/c1-7(5-10)6-12-9-3-4-11-8(9)2/h7-9H,3-6H2,1-2H3. The van der Waals surface area contributed by atoms with Crippen molar-refractivity contribution >= 4 is 27.7 Å². The van der Waals surface area contributed by atoms with Gasteiger partial charge in [0.2, 0.25) is 0 Å². The number of rotatable bonds is 4. The molecule has 0 aliphatic carbocycles. The first kappa shape index (κ1) is 10.9. The summed E-state index contributed by atoms with van der Waals surface area (Å²) in [4.78, 5) is 0. The summed E-state index contributed by atoms with van der Waals surface area (Å²) in [5, 5.41) is 1.86. The maximum absolute atomic E-state index is 5.50. The van der Waals surface area contributed by atoms with E-state index in [1.165, 1.54) is 12.2 Å². The Morgan fingerprint density at radius 2 is 2.42 bits per heavy atom. The van der Waals surface area contributed by atoms with Crippen LogP contribution in [0.25, 0.3) is 0 Å². The van der Waals surface area contributed by atoms with Crippen molar-refractivity contribution in [3.05, 3.63) is 0 Å². The lowest BCUT2D eigenvalue weighted by atomic mass is 10.2. The molecule has 0 amide bonds. The van der Waals surface area contributed by atoms with Gasteiger partial charge in [-0.05, 0) is 25.0 Å². The predicted molar refractivity (Wildman–Crippen MR) is 59.2 cm³/mol. The third kappa shape index (κ3) is 3.27. The number of hydrogen-bond acceptors (Lipinski definition) is 2. The third-order valence-corrected chi connectivity index (χ3v) is 5.08. The van der Waals surface area contributed by atoms with Gasteiger partial charge in [0, 0.05) is 17.2 Å². The molecule has 0 bridgehead atoms. The number of alkyl halides is 1. The average Bonchev–Trinajstić information content (AvgIpc) is 2.47. The van der Waals surface area contributed by atoms with Gasteiger partial charge in [0.25, 0.3) is 0 Å². The molecule has 3 atom stereocenters. The van der Waals surface area contributed by atoms with Crippen LogP contribution in [0.1, 0.15) is 20.3 Å². The Morgan fingerprint density at radius 1 is 1.67 bits per heavy atom. The van der Waals surface area contributed by atoms with E-state index in [0.29, 0.717) is 6.10 Å². The molecule has 1 nitrogen and oxygen atoms in total. The van der Waals surface area contributed by atoms with Crippen molar-refractivity contribution in [3.63, 3.8) is 0 Å². The van der Waals surface area contributed by atoms with E-state index in [9.17, 15) is 0 Å². The van der Waals surface area contributed by atoms with Crippen molar-refractivity contribution in [1.82, 2.24) is 0 Å². The van der Waals surface area contributed by atoms with Gasteiger partial charge in [-0.2, -0.15) is 11.8 Å². The first-order valence-electron chi connectivity index (χ1n) is 4.53. The second-order valence-corrected chi connectivity index (χ2v) is 5.42. The van der Waals surface area contributed by atoms with Crippen LogP contribution in [-0.2, 0) is 4.74 Å². The zero-order chi connectivity index (χ0) is 8.97. The zero-order valence-electron chi connectivity index (χ0n) is 7.75. The summed E-state index contributed by atoms with van der Waals surface area (Å²) in [6, 6.07) is 0. The molecule has 1 rings (SSSR count). The predicted octanol–water partition coefficient (Wildman–Crippen LogP) is 2.93. The molecular weight excluding hydrogens is 236 g/mol. The molecule has 1 saturated heterocycles. The summed E-state index contributed by atoms with van der Waals surface area (Å²) < 4.78 is 5.50. The van der Waals surface area contributed by atoms with E-state index in [4.69, 9.17) is 4.74 Å². The molecule has 0 radical (unpaired) electrons. The van der Waals surface area contributed by atoms with Crippen LogP contribution in [0.15, 0.2) is 0 Å². The van der Waals surface area contributed by atoms with Crippen molar-refractivity contribution < 1.29 is 4.74 Å². The van der Waals surface area contributed by atoms with Crippen LogP contribution in [0.5, 0.6) is 0 Å². The Balaban J connectivity index is 2.13. The Kier molecular flexibility index (Phi) is 4.99. The number of hydrogen-bond donors (Lipinski definition) is 0. The summed E-state index contributed by atoms with van der Waals surface area (Å²) in [5.41, 5.74) is 0. The minimum Gasteiger partial charge on any atom is -0.377 e. The van der Waals surface area contributed by atoms with Gasteiger partial charge in [-0.25, -0.2) is 0 Å². The van der Waals surface area contributed by atoms with Crippen LogP contribution in [-0.4, -0.2) is 29.0 Å². The van der Waals surface area contributed by atoms with Crippen LogP contribution in [0, 0.1) is 5.92 Å². The summed E-state index contributed by atoms with van der Waals surface area (Å²) >= 11 is 5.56. The highest BCUT2D eigenvalue weighted by Crippen LogP contribution is 2.27. The van der Waals surface area contributed by atoms with Gasteiger partial charge < -0.3 is 4.74 Å². The van der Waals surface area contributed by atoms with Crippen molar-refractivity contribution in [2.45, 2.75) is 31.6 Å². The molecule has 0 saturated carbocycles. The highest BCUT2D eigenvalue weighted by Gasteiger charge is 2.24. The molecule has 1 fully saturated rings. The van der Waals surface area contributed by atoms with Gasteiger partial charge >= 0.3 is 0 Å². The van der Waals surface area contributed by atoms with Crippen LogP contribution < -0.4 is 0 Å². The maximum Gasteiger partial charge on any atom is 0.0666 e. The quantitative estimate of drug-likeness (QED) is 0.712. The van der Waals surface area contributed by atoms with Gasteiger partial charge in [-0.1, -0.05) is 22.9 Å². The molecule has 72 valence electrons. The molecule has 1 aliphatic heterocycles. The minimum absolute atomic E-state index is 0.470. The second kappa shape index (κ2) is 5.51. The Labute approximate surface area is 87.8 Å². The molecule has 1 heterocycles. The molecule has 0 aromatic rings. The molecular formula is C9H17BrOS. The van der Waals surface area contributed by atoms with Gasteiger partial charge in [0.05, 0.1) is 6.10 Å². The molecule has 1 aliphatic rings. The fourth-order valence-corrected chi connectivity index (χ4v) is 3.10. The van der Waals surface area contributed by atoms with Gasteiger partial charge in [0.1, 0.15) is 0 Å². The van der Waals surface area contributed by atoms with Crippen LogP contribution in [0.4, 0.5) is 0 Å². The van der Waals surface area contributed by atoms with Crippen LogP contribution in [0.3, 0.4) is 0 Å². The fourth-order valence-electron chi connectivity index (χ4n) is 1.26. The van der Waals surface area contributed by atoms with E-state index in [1.807, 2.05) is 0 Å². The van der Waals surface area contributed by atoms with E-state index in [0.717, 1.165) is 23.1 Å². The fraction of sp³-hybridized carbons (Fsp3) is 1.00. The van der Waals surface area contributed by atoms with Crippen LogP contribution in [0.2, 0.25) is 0 Å². The summed E-state index contributed by atoms with van der Waals surface area (Å²) in [7, 11) is 0. The van der Waals surface area contributed by atoms with E-state index >= 15 is 0 Å². The monoisotopic (exact) mass is 252 g/mol. The summed E-state index contributed by atoms with van der Waals surface area (Å²) in [6.45, 7) is 5.42. The number of ether oxygens (including phenoxy) is 1. The maximum atomic E-state index is 5.50. The molecule has 12 heavy (non-hydrogen) atoms. The van der Waals surface area contributed by atoms with Gasteiger partial charge in [-0.15, -0.1) is 0 Å². The third-order valence-electron chi connectivity index (χ3n) is 2.16. The zero-order valence-corrected chi connectivity index (χ0v) is 10.2. The lowest BCUT2D eigenvalue weighted by Crippen LogP contribution is -2.15. The Morgan fingerprint density at radius 3 is 2.92 bits per heavy atom. The van der Waals surface area contributed by atoms with Gasteiger partial charge in [0.15, 0.2) is 0 Å². The van der Waals surface area contributed by atoms with Crippen molar-refractivity contribution in [2.75, 3.05) is 17.7 Å². The van der Waals surface area contributed by atoms with Crippen molar-refractivity contribution in [3.8, 4) is 0 Å².